The third-order valence-corrected chi connectivity index (χ3v) is 6.36. The van der Waals surface area contributed by atoms with Gasteiger partial charge >= 0.3 is 0 Å². The number of fused-ring (bicyclic) bond motifs is 8. The van der Waals surface area contributed by atoms with Gasteiger partial charge in [0.1, 0.15) is 0 Å². The number of H-pyrrole nitrogens is 4. The molecule has 34 heavy (non-hydrogen) atoms. The maximum absolute atomic E-state index is 3.63. The Morgan fingerprint density at radius 3 is 1.59 bits per heavy atom. The SMILES string of the molecule is CC(C)(C)c1ccc(-c2cc3[nH]c2=Cc2ccc([nH]2)C=c2ccc([nH]2)=Cc2ccc([nH]2)C=3)cc1. The van der Waals surface area contributed by atoms with E-state index in [1.807, 2.05) is 0 Å². The van der Waals surface area contributed by atoms with Crippen LogP contribution in [0, 0.1) is 0 Å². The molecular formula is C30H28N4. The molecule has 4 nitrogen and oxygen atoms in total. The number of benzene rings is 1. The Bertz CT molecular complexity index is 1730. The van der Waals surface area contributed by atoms with Crippen molar-refractivity contribution in [2.24, 2.45) is 0 Å². The number of aromatic amines is 4. The fourth-order valence-corrected chi connectivity index (χ4v) is 4.52. The Morgan fingerprint density at radius 1 is 0.500 bits per heavy atom. The van der Waals surface area contributed by atoms with Gasteiger partial charge in [0.15, 0.2) is 0 Å². The molecule has 0 saturated carbocycles. The second kappa shape index (κ2) is 7.70. The third kappa shape index (κ3) is 3.99. The Kier molecular flexibility index (Phi) is 4.63. The molecular weight excluding hydrogens is 416 g/mol. The van der Waals surface area contributed by atoms with E-state index >= 15 is 0 Å². The number of rotatable bonds is 1. The highest BCUT2D eigenvalue weighted by Crippen LogP contribution is 2.24. The molecule has 0 aliphatic carbocycles. The zero-order chi connectivity index (χ0) is 23.3. The topological polar surface area (TPSA) is 63.2 Å². The molecule has 1 aliphatic rings. The first-order valence-electron chi connectivity index (χ1n) is 11.7. The highest BCUT2D eigenvalue weighted by molar-refractivity contribution is 5.68. The molecule has 0 atom stereocenters. The standard InChI is InChI=1S/C30H28N4/c1-30(2,3)20-6-4-19(5-7-20)28-17-27-16-25-11-10-23(32-25)14-21-8-9-22(31-21)15-24-12-13-26(33-24)18-29(28)34-27/h4-18,31-34H,1-3H3. The van der Waals surface area contributed by atoms with Crippen LogP contribution >= 0.6 is 0 Å². The Balaban J connectivity index is 1.56. The van der Waals surface area contributed by atoms with Gasteiger partial charge < -0.3 is 19.9 Å². The summed E-state index contributed by atoms with van der Waals surface area (Å²) in [4.78, 5) is 14.1. The molecule has 4 aromatic heterocycles. The Labute approximate surface area is 198 Å². The quantitative estimate of drug-likeness (QED) is 0.300. The summed E-state index contributed by atoms with van der Waals surface area (Å²) in [5, 5.41) is 4.26. The normalized spacial score (nSPS) is 12.9. The van der Waals surface area contributed by atoms with Crippen LogP contribution in [0.1, 0.15) is 49.1 Å². The zero-order valence-corrected chi connectivity index (χ0v) is 19.7. The van der Waals surface area contributed by atoms with Crippen molar-refractivity contribution in [2.75, 3.05) is 0 Å². The van der Waals surface area contributed by atoms with Crippen LogP contribution in [0.5, 0.6) is 0 Å². The number of nitrogens with one attached hydrogen (secondary N) is 4. The summed E-state index contributed by atoms with van der Waals surface area (Å²) in [6, 6.07) is 23.8. The van der Waals surface area contributed by atoms with E-state index in [1.54, 1.807) is 0 Å². The molecule has 0 fully saturated rings. The minimum absolute atomic E-state index is 0.132. The first-order chi connectivity index (χ1) is 16.4. The summed E-state index contributed by atoms with van der Waals surface area (Å²) in [5.74, 6) is 0. The van der Waals surface area contributed by atoms with Crippen molar-refractivity contribution in [1.82, 2.24) is 19.9 Å². The maximum atomic E-state index is 3.63. The summed E-state index contributed by atoms with van der Waals surface area (Å²) in [6.45, 7) is 6.74. The predicted molar refractivity (Wildman–Crippen MR) is 140 cm³/mol. The molecule has 0 unspecified atom stereocenters. The Hall–Kier alpha value is -4.18. The number of hydrogen-bond donors (Lipinski definition) is 4. The highest BCUT2D eigenvalue weighted by atomic mass is 14.8. The van der Waals surface area contributed by atoms with Crippen LogP contribution in [0.2, 0.25) is 0 Å². The van der Waals surface area contributed by atoms with Crippen LogP contribution in [0.25, 0.3) is 35.4 Å². The molecule has 4 N–H and O–H groups in total. The first kappa shape index (κ1) is 20.4. The van der Waals surface area contributed by atoms with E-state index in [-0.39, 0.29) is 5.41 Å². The van der Waals surface area contributed by atoms with E-state index < -0.39 is 0 Å². The fourth-order valence-electron chi connectivity index (χ4n) is 4.52. The third-order valence-electron chi connectivity index (χ3n) is 6.36. The van der Waals surface area contributed by atoms with E-state index in [0.29, 0.717) is 0 Å². The van der Waals surface area contributed by atoms with E-state index in [1.165, 1.54) is 16.7 Å². The monoisotopic (exact) mass is 444 g/mol. The van der Waals surface area contributed by atoms with Gasteiger partial charge in [0, 0.05) is 49.7 Å². The minimum atomic E-state index is 0.132. The molecule has 5 heterocycles. The zero-order valence-electron chi connectivity index (χ0n) is 19.7. The molecule has 1 aliphatic heterocycles. The predicted octanol–water partition coefficient (Wildman–Crippen LogP) is 3.59. The average Bonchev–Trinajstić information content (AvgIpc) is 3.58. The summed E-state index contributed by atoms with van der Waals surface area (Å²) in [7, 11) is 0. The van der Waals surface area contributed by atoms with Gasteiger partial charge in [-0.15, -0.1) is 0 Å². The largest absolute Gasteiger partial charge is 0.355 e. The van der Waals surface area contributed by atoms with Gasteiger partial charge in [-0.1, -0.05) is 45.0 Å². The smallest absolute Gasteiger partial charge is 0.0485 e. The lowest BCUT2D eigenvalue weighted by Crippen LogP contribution is -2.12. The van der Waals surface area contributed by atoms with E-state index in [4.69, 9.17) is 0 Å². The summed E-state index contributed by atoms with van der Waals surface area (Å²) >= 11 is 0. The van der Waals surface area contributed by atoms with Crippen molar-refractivity contribution in [2.45, 2.75) is 26.2 Å². The molecule has 0 spiro atoms. The number of aromatic nitrogens is 4. The van der Waals surface area contributed by atoms with Crippen LogP contribution in [0.15, 0.2) is 66.7 Å². The van der Waals surface area contributed by atoms with E-state index in [9.17, 15) is 0 Å². The molecule has 4 heteroatoms. The van der Waals surface area contributed by atoms with Crippen LogP contribution in [-0.4, -0.2) is 19.9 Å². The molecule has 168 valence electrons. The molecule has 5 aromatic rings. The average molecular weight is 445 g/mol. The van der Waals surface area contributed by atoms with Gasteiger partial charge in [-0.3, -0.25) is 0 Å². The van der Waals surface area contributed by atoms with Gasteiger partial charge in [-0.05, 0) is 83.3 Å². The van der Waals surface area contributed by atoms with E-state index in [0.717, 1.165) is 44.2 Å². The second-order valence-electron chi connectivity index (χ2n) is 10.1. The fraction of sp³-hybridized carbons (Fsp3) is 0.133. The second-order valence-corrected chi connectivity index (χ2v) is 10.1. The molecule has 0 saturated heterocycles. The molecule has 6 rings (SSSR count). The van der Waals surface area contributed by atoms with Crippen LogP contribution in [0.3, 0.4) is 0 Å². The van der Waals surface area contributed by atoms with Gasteiger partial charge in [-0.2, -0.15) is 0 Å². The van der Waals surface area contributed by atoms with Crippen molar-refractivity contribution in [3.05, 3.63) is 116 Å². The van der Waals surface area contributed by atoms with Gasteiger partial charge in [0.25, 0.3) is 0 Å². The van der Waals surface area contributed by atoms with Crippen molar-refractivity contribution >= 4 is 24.3 Å². The van der Waals surface area contributed by atoms with Crippen molar-refractivity contribution in [3.63, 3.8) is 0 Å². The van der Waals surface area contributed by atoms with Crippen molar-refractivity contribution in [1.29, 1.82) is 0 Å². The van der Waals surface area contributed by atoms with Crippen molar-refractivity contribution < 1.29 is 0 Å². The molecule has 8 bridgehead atoms. The lowest BCUT2D eigenvalue weighted by atomic mass is 9.86. The summed E-state index contributed by atoms with van der Waals surface area (Å²) in [5.41, 5.74) is 8.08. The van der Waals surface area contributed by atoms with Gasteiger partial charge in [-0.25, -0.2) is 0 Å². The maximum Gasteiger partial charge on any atom is 0.0485 e. The van der Waals surface area contributed by atoms with Crippen molar-refractivity contribution in [3.8, 4) is 11.1 Å². The van der Waals surface area contributed by atoms with Gasteiger partial charge in [0.2, 0.25) is 0 Å². The lowest BCUT2D eigenvalue weighted by Gasteiger charge is -2.19. The molecule has 0 amide bonds. The van der Waals surface area contributed by atoms with Crippen LogP contribution in [-0.2, 0) is 5.41 Å². The summed E-state index contributed by atoms with van der Waals surface area (Å²) < 4.78 is 0. The Morgan fingerprint density at radius 2 is 1.03 bits per heavy atom. The highest BCUT2D eigenvalue weighted by Gasteiger charge is 2.13. The lowest BCUT2D eigenvalue weighted by molar-refractivity contribution is 0.590. The molecule has 0 radical (unpaired) electrons. The minimum Gasteiger partial charge on any atom is -0.355 e. The van der Waals surface area contributed by atoms with E-state index in [2.05, 4.69) is 132 Å². The molecule has 1 aromatic carbocycles. The van der Waals surface area contributed by atoms with Gasteiger partial charge in [0.05, 0.1) is 0 Å². The summed E-state index contributed by atoms with van der Waals surface area (Å²) in [6.07, 6.45) is 8.58. The van der Waals surface area contributed by atoms with Crippen LogP contribution < -0.4 is 21.4 Å². The number of hydrogen-bond acceptors (Lipinski definition) is 0. The first-order valence-corrected chi connectivity index (χ1v) is 11.7. The van der Waals surface area contributed by atoms with Crippen LogP contribution in [0.4, 0.5) is 0 Å².